The van der Waals surface area contributed by atoms with E-state index in [-0.39, 0.29) is 5.41 Å². The Balaban J connectivity index is 3.42. The van der Waals surface area contributed by atoms with Gasteiger partial charge in [-0.25, -0.2) is 0 Å². The molecule has 0 fully saturated rings. The van der Waals surface area contributed by atoms with Crippen LogP contribution in [0.3, 0.4) is 0 Å². The Bertz CT molecular complexity index is 363. The number of benzene rings is 1. The summed E-state index contributed by atoms with van der Waals surface area (Å²) in [7, 11) is 0. The van der Waals surface area contributed by atoms with Crippen molar-refractivity contribution in [3.8, 4) is 0 Å². The molecule has 16 heavy (non-hydrogen) atoms. The first-order valence-corrected chi connectivity index (χ1v) is 6.48. The lowest BCUT2D eigenvalue weighted by molar-refractivity contribution is 0.502. The number of aryl methyl sites for hydroxylation is 2. The van der Waals surface area contributed by atoms with E-state index < -0.39 is 0 Å². The number of rotatable bonds is 3. The van der Waals surface area contributed by atoms with E-state index in [1.165, 1.54) is 27.8 Å². The van der Waals surface area contributed by atoms with Gasteiger partial charge in [0, 0.05) is 5.88 Å². The topological polar surface area (TPSA) is 0 Å². The Morgan fingerprint density at radius 3 is 1.81 bits per heavy atom. The zero-order valence-electron chi connectivity index (χ0n) is 11.4. The summed E-state index contributed by atoms with van der Waals surface area (Å²) in [6.07, 6.45) is 1.03. The van der Waals surface area contributed by atoms with Crippen molar-refractivity contribution in [1.82, 2.24) is 0 Å². The molecule has 1 aromatic rings. The third-order valence-corrected chi connectivity index (χ3v) is 3.95. The van der Waals surface area contributed by atoms with Crippen LogP contribution < -0.4 is 0 Å². The first-order valence-electron chi connectivity index (χ1n) is 5.95. The van der Waals surface area contributed by atoms with Crippen LogP contribution >= 0.6 is 11.6 Å². The molecule has 0 saturated heterocycles. The molecule has 0 aliphatic carbocycles. The predicted molar refractivity (Wildman–Crippen MR) is 73.8 cm³/mol. The van der Waals surface area contributed by atoms with Gasteiger partial charge in [-0.05, 0) is 67.3 Å². The maximum atomic E-state index is 5.92. The van der Waals surface area contributed by atoms with E-state index in [4.69, 9.17) is 11.6 Å². The summed E-state index contributed by atoms with van der Waals surface area (Å²) in [5.74, 6) is 0.721. The molecule has 90 valence electrons. The lowest BCUT2D eigenvalue weighted by atomic mass is 9.75. The summed E-state index contributed by atoms with van der Waals surface area (Å²) in [6.45, 7) is 13.4. The predicted octanol–water partition coefficient (Wildman–Crippen LogP) is 4.83. The average Bonchev–Trinajstić information content (AvgIpc) is 2.14. The molecule has 0 aliphatic heterocycles. The van der Waals surface area contributed by atoms with Gasteiger partial charge in [0.25, 0.3) is 0 Å². The average molecular weight is 239 g/mol. The fourth-order valence-electron chi connectivity index (χ4n) is 2.59. The van der Waals surface area contributed by atoms with Gasteiger partial charge in [0.2, 0.25) is 0 Å². The van der Waals surface area contributed by atoms with E-state index in [0.717, 1.165) is 12.3 Å². The van der Waals surface area contributed by atoms with Crippen molar-refractivity contribution in [3.05, 3.63) is 33.9 Å². The zero-order chi connectivity index (χ0) is 12.5. The molecule has 0 nitrogen and oxygen atoms in total. The summed E-state index contributed by atoms with van der Waals surface area (Å²) in [4.78, 5) is 0. The van der Waals surface area contributed by atoms with Crippen LogP contribution in [0.4, 0.5) is 0 Å². The van der Waals surface area contributed by atoms with Crippen molar-refractivity contribution in [3.63, 3.8) is 0 Å². The quantitative estimate of drug-likeness (QED) is 0.662. The molecule has 0 bridgehead atoms. The van der Waals surface area contributed by atoms with Gasteiger partial charge in [0.15, 0.2) is 0 Å². The van der Waals surface area contributed by atoms with Gasteiger partial charge in [0.05, 0.1) is 0 Å². The summed E-state index contributed by atoms with van der Waals surface area (Å²) in [5.41, 5.74) is 7.30. The normalized spacial score (nSPS) is 11.9. The van der Waals surface area contributed by atoms with Crippen LogP contribution in [0.25, 0.3) is 0 Å². The van der Waals surface area contributed by atoms with Gasteiger partial charge >= 0.3 is 0 Å². The fourth-order valence-corrected chi connectivity index (χ4v) is 3.07. The van der Waals surface area contributed by atoms with Crippen LogP contribution in [0.1, 0.15) is 48.1 Å². The van der Waals surface area contributed by atoms with E-state index in [1.807, 2.05) is 0 Å². The highest BCUT2D eigenvalue weighted by molar-refractivity contribution is 6.17. The highest BCUT2D eigenvalue weighted by Crippen LogP contribution is 2.35. The minimum absolute atomic E-state index is 0.173. The number of hydrogen-bond donors (Lipinski definition) is 0. The Kier molecular flexibility index (Phi) is 4.07. The minimum Gasteiger partial charge on any atom is -0.127 e. The molecule has 0 atom stereocenters. The second-order valence-electron chi connectivity index (χ2n) is 5.46. The Labute approximate surface area is 105 Å². The summed E-state index contributed by atoms with van der Waals surface area (Å²) < 4.78 is 0. The van der Waals surface area contributed by atoms with Gasteiger partial charge in [-0.15, -0.1) is 11.6 Å². The highest BCUT2D eigenvalue weighted by atomic mass is 35.5. The SMILES string of the molecule is Cc1cc(C)c(C)c(C(C)(C)CCCl)c1C. The lowest BCUT2D eigenvalue weighted by Crippen LogP contribution is -2.22. The molecular weight excluding hydrogens is 216 g/mol. The summed E-state index contributed by atoms with van der Waals surface area (Å²) >= 11 is 5.92. The lowest BCUT2D eigenvalue weighted by Gasteiger charge is -2.30. The van der Waals surface area contributed by atoms with Gasteiger partial charge in [-0.1, -0.05) is 19.9 Å². The van der Waals surface area contributed by atoms with Crippen molar-refractivity contribution < 1.29 is 0 Å². The summed E-state index contributed by atoms with van der Waals surface area (Å²) in [6, 6.07) is 2.28. The first-order chi connectivity index (χ1) is 7.31. The van der Waals surface area contributed by atoms with Crippen LogP contribution in [0.15, 0.2) is 6.07 Å². The van der Waals surface area contributed by atoms with Crippen LogP contribution in [0, 0.1) is 27.7 Å². The van der Waals surface area contributed by atoms with E-state index in [2.05, 4.69) is 47.6 Å². The third kappa shape index (κ3) is 2.43. The molecule has 0 aliphatic rings. The van der Waals surface area contributed by atoms with Crippen LogP contribution in [-0.2, 0) is 5.41 Å². The first kappa shape index (κ1) is 13.6. The third-order valence-electron chi connectivity index (χ3n) is 3.76. The molecule has 0 saturated carbocycles. The van der Waals surface area contributed by atoms with Crippen LogP contribution in [0.5, 0.6) is 0 Å². The standard InChI is InChI=1S/C15H23Cl/c1-10-9-11(2)13(4)14(12(10)3)15(5,6)7-8-16/h9H,7-8H2,1-6H3. The maximum Gasteiger partial charge on any atom is 0.0231 e. The molecule has 0 radical (unpaired) electrons. The zero-order valence-corrected chi connectivity index (χ0v) is 12.1. The Hall–Kier alpha value is -0.490. The molecule has 0 heterocycles. The second-order valence-corrected chi connectivity index (χ2v) is 5.84. The van der Waals surface area contributed by atoms with Crippen LogP contribution in [0.2, 0.25) is 0 Å². The molecule has 1 rings (SSSR count). The van der Waals surface area contributed by atoms with E-state index in [9.17, 15) is 0 Å². The number of halogens is 1. The molecule has 0 amide bonds. The second kappa shape index (κ2) is 4.79. The van der Waals surface area contributed by atoms with Gasteiger partial charge in [0.1, 0.15) is 0 Å². The van der Waals surface area contributed by atoms with Crippen molar-refractivity contribution >= 4 is 11.6 Å². The van der Waals surface area contributed by atoms with Crippen molar-refractivity contribution in [2.45, 2.75) is 53.4 Å². The largest absolute Gasteiger partial charge is 0.127 e. The molecule has 0 N–H and O–H groups in total. The molecule has 0 aromatic heterocycles. The fraction of sp³-hybridized carbons (Fsp3) is 0.600. The Morgan fingerprint density at radius 1 is 1.00 bits per heavy atom. The molecule has 1 heteroatoms. The molecule has 0 unspecified atom stereocenters. The highest BCUT2D eigenvalue weighted by Gasteiger charge is 2.25. The maximum absolute atomic E-state index is 5.92. The van der Waals surface area contributed by atoms with Gasteiger partial charge < -0.3 is 0 Å². The molecule has 0 spiro atoms. The smallest absolute Gasteiger partial charge is 0.0231 e. The molecular formula is C15H23Cl. The summed E-state index contributed by atoms with van der Waals surface area (Å²) in [5, 5.41) is 0. The van der Waals surface area contributed by atoms with E-state index >= 15 is 0 Å². The van der Waals surface area contributed by atoms with Crippen molar-refractivity contribution in [2.24, 2.45) is 0 Å². The van der Waals surface area contributed by atoms with Gasteiger partial charge in [-0.2, -0.15) is 0 Å². The molecule has 1 aromatic carbocycles. The van der Waals surface area contributed by atoms with Crippen molar-refractivity contribution in [1.29, 1.82) is 0 Å². The van der Waals surface area contributed by atoms with Crippen molar-refractivity contribution in [2.75, 3.05) is 5.88 Å². The number of hydrogen-bond acceptors (Lipinski definition) is 0. The van der Waals surface area contributed by atoms with Crippen LogP contribution in [-0.4, -0.2) is 5.88 Å². The Morgan fingerprint density at radius 2 is 1.44 bits per heavy atom. The monoisotopic (exact) mass is 238 g/mol. The number of alkyl halides is 1. The van der Waals surface area contributed by atoms with Gasteiger partial charge in [-0.3, -0.25) is 0 Å². The van der Waals surface area contributed by atoms with E-state index in [1.54, 1.807) is 0 Å². The van der Waals surface area contributed by atoms with E-state index in [0.29, 0.717) is 0 Å². The minimum atomic E-state index is 0.173.